The maximum atomic E-state index is 12.5. The summed E-state index contributed by atoms with van der Waals surface area (Å²) in [4.78, 5) is 11.3. The molecule has 0 aliphatic carbocycles. The highest BCUT2D eigenvalue weighted by molar-refractivity contribution is 7.48. The fraction of sp³-hybridized carbons (Fsp3) is 0.812. The zero-order chi connectivity index (χ0) is 17.9. The maximum absolute atomic E-state index is 12.5. The summed E-state index contributed by atoms with van der Waals surface area (Å²) < 4.78 is 33.3. The van der Waals surface area contributed by atoms with Crippen LogP contribution in [0.15, 0.2) is 12.2 Å². The normalized spacial score (nSPS) is 12.0. The first-order chi connectivity index (χ1) is 10.7. The van der Waals surface area contributed by atoms with Crippen LogP contribution in [0.25, 0.3) is 0 Å². The standard InChI is InChI=1S/C16H31O6P/c1-13(2)7-9-20-23(18,21-10-8-14(3)4)22-12-11-19-16(17)15(5)6/h13-14H,5,7-12H2,1-4,6H3. The van der Waals surface area contributed by atoms with E-state index in [0.29, 0.717) is 30.6 Å². The molecule has 6 nitrogen and oxygen atoms in total. The fourth-order valence-corrected chi connectivity index (χ4v) is 2.50. The molecule has 0 fully saturated rings. The van der Waals surface area contributed by atoms with E-state index in [0.717, 1.165) is 12.8 Å². The highest BCUT2D eigenvalue weighted by Crippen LogP contribution is 2.49. The average molecular weight is 350 g/mol. The number of esters is 1. The van der Waals surface area contributed by atoms with Crippen LogP contribution in [0, 0.1) is 11.8 Å². The minimum Gasteiger partial charge on any atom is -0.460 e. The summed E-state index contributed by atoms with van der Waals surface area (Å²) in [5, 5.41) is 0. The molecule has 0 N–H and O–H groups in total. The molecule has 0 rings (SSSR count). The van der Waals surface area contributed by atoms with Crippen LogP contribution in [-0.2, 0) is 27.7 Å². The van der Waals surface area contributed by atoms with Gasteiger partial charge in [0, 0.05) is 5.57 Å². The summed E-state index contributed by atoms with van der Waals surface area (Å²) in [5.41, 5.74) is 0.301. The highest BCUT2D eigenvalue weighted by Gasteiger charge is 2.26. The molecule has 0 radical (unpaired) electrons. The fourth-order valence-electron chi connectivity index (χ4n) is 1.32. The summed E-state index contributed by atoms with van der Waals surface area (Å²) in [6.45, 7) is 13.7. The molecule has 0 aromatic carbocycles. The van der Waals surface area contributed by atoms with Gasteiger partial charge in [0.2, 0.25) is 0 Å². The van der Waals surface area contributed by atoms with Crippen molar-refractivity contribution in [1.82, 2.24) is 0 Å². The highest BCUT2D eigenvalue weighted by atomic mass is 31.2. The molecule has 0 heterocycles. The second kappa shape index (κ2) is 11.8. The molecule has 0 saturated heterocycles. The smallest absolute Gasteiger partial charge is 0.460 e. The molecule has 0 aromatic heterocycles. The van der Waals surface area contributed by atoms with Crippen LogP contribution < -0.4 is 0 Å². The Labute approximate surface area is 140 Å². The lowest BCUT2D eigenvalue weighted by atomic mass is 10.2. The number of carbonyl (C=O) groups is 1. The van der Waals surface area contributed by atoms with Gasteiger partial charge in [0.1, 0.15) is 6.61 Å². The summed E-state index contributed by atoms with van der Waals surface area (Å²) in [5.74, 6) is 0.344. The maximum Gasteiger partial charge on any atom is 0.474 e. The zero-order valence-electron chi connectivity index (χ0n) is 15.0. The van der Waals surface area contributed by atoms with Crippen molar-refractivity contribution >= 4 is 13.8 Å². The average Bonchev–Trinajstić information content (AvgIpc) is 2.42. The van der Waals surface area contributed by atoms with E-state index in [1.54, 1.807) is 6.92 Å². The largest absolute Gasteiger partial charge is 0.474 e. The minimum atomic E-state index is -3.63. The topological polar surface area (TPSA) is 71.1 Å². The van der Waals surface area contributed by atoms with Crippen molar-refractivity contribution in [1.29, 1.82) is 0 Å². The minimum absolute atomic E-state index is 0.0310. The van der Waals surface area contributed by atoms with Gasteiger partial charge in [0.15, 0.2) is 0 Å². The third-order valence-electron chi connectivity index (χ3n) is 2.80. The van der Waals surface area contributed by atoms with Crippen LogP contribution in [0.3, 0.4) is 0 Å². The molecule has 0 saturated carbocycles. The van der Waals surface area contributed by atoms with Crippen LogP contribution in [0.4, 0.5) is 0 Å². The first-order valence-corrected chi connectivity index (χ1v) is 9.48. The first-order valence-electron chi connectivity index (χ1n) is 8.02. The first kappa shape index (κ1) is 22.3. The van der Waals surface area contributed by atoms with E-state index in [1.807, 2.05) is 27.7 Å². The Kier molecular flexibility index (Phi) is 11.4. The molecular weight excluding hydrogens is 319 g/mol. The third-order valence-corrected chi connectivity index (χ3v) is 4.30. The molecular formula is C16H31O6P. The van der Waals surface area contributed by atoms with Crippen LogP contribution >= 0.6 is 7.82 Å². The van der Waals surface area contributed by atoms with Gasteiger partial charge in [-0.1, -0.05) is 34.3 Å². The van der Waals surface area contributed by atoms with Gasteiger partial charge in [0.25, 0.3) is 0 Å². The predicted molar refractivity (Wildman–Crippen MR) is 90.1 cm³/mol. The van der Waals surface area contributed by atoms with E-state index in [1.165, 1.54) is 0 Å². The van der Waals surface area contributed by atoms with E-state index in [-0.39, 0.29) is 13.2 Å². The number of phosphoric ester groups is 1. The SMILES string of the molecule is C=C(C)C(=O)OCCOP(=O)(OCCC(C)C)OCCC(C)C. The Morgan fingerprint density at radius 1 is 0.913 bits per heavy atom. The Morgan fingerprint density at radius 2 is 1.35 bits per heavy atom. The summed E-state index contributed by atoms with van der Waals surface area (Å²) in [6, 6.07) is 0. The van der Waals surface area contributed by atoms with Crippen LogP contribution in [-0.4, -0.2) is 32.4 Å². The van der Waals surface area contributed by atoms with Gasteiger partial charge in [-0.2, -0.15) is 0 Å². The van der Waals surface area contributed by atoms with E-state index in [9.17, 15) is 9.36 Å². The van der Waals surface area contributed by atoms with Gasteiger partial charge in [-0.15, -0.1) is 0 Å². The van der Waals surface area contributed by atoms with Crippen molar-refractivity contribution in [2.24, 2.45) is 11.8 Å². The van der Waals surface area contributed by atoms with Gasteiger partial charge in [-0.05, 0) is 31.6 Å². The lowest BCUT2D eigenvalue weighted by Gasteiger charge is -2.19. The molecule has 0 atom stereocenters. The van der Waals surface area contributed by atoms with Gasteiger partial charge in [-0.3, -0.25) is 13.6 Å². The number of ether oxygens (including phenoxy) is 1. The quantitative estimate of drug-likeness (QED) is 0.213. The second-order valence-corrected chi connectivity index (χ2v) is 7.90. The number of hydrogen-bond donors (Lipinski definition) is 0. The number of rotatable bonds is 13. The van der Waals surface area contributed by atoms with Crippen molar-refractivity contribution < 1.29 is 27.7 Å². The molecule has 23 heavy (non-hydrogen) atoms. The van der Waals surface area contributed by atoms with Crippen LogP contribution in [0.5, 0.6) is 0 Å². The Bertz CT molecular complexity index is 387. The van der Waals surface area contributed by atoms with Crippen molar-refractivity contribution in [2.75, 3.05) is 26.4 Å². The number of hydrogen-bond acceptors (Lipinski definition) is 6. The zero-order valence-corrected chi connectivity index (χ0v) is 15.9. The number of carbonyl (C=O) groups excluding carboxylic acids is 1. The van der Waals surface area contributed by atoms with E-state index >= 15 is 0 Å². The van der Waals surface area contributed by atoms with Crippen LogP contribution in [0.1, 0.15) is 47.5 Å². The molecule has 0 unspecified atom stereocenters. The molecule has 0 bridgehead atoms. The van der Waals surface area contributed by atoms with Crippen molar-refractivity contribution in [2.45, 2.75) is 47.5 Å². The molecule has 0 aliphatic rings. The number of phosphoric acid groups is 1. The third kappa shape index (κ3) is 12.4. The van der Waals surface area contributed by atoms with E-state index < -0.39 is 13.8 Å². The Balaban J connectivity index is 4.31. The predicted octanol–water partition coefficient (Wildman–Crippen LogP) is 4.36. The summed E-state index contributed by atoms with van der Waals surface area (Å²) in [7, 11) is -3.63. The molecule has 0 aromatic rings. The Morgan fingerprint density at radius 3 is 1.74 bits per heavy atom. The molecule has 136 valence electrons. The molecule has 0 aliphatic heterocycles. The van der Waals surface area contributed by atoms with Crippen molar-refractivity contribution in [3.63, 3.8) is 0 Å². The summed E-state index contributed by atoms with van der Waals surface area (Å²) >= 11 is 0. The van der Waals surface area contributed by atoms with Gasteiger partial charge >= 0.3 is 13.8 Å². The van der Waals surface area contributed by atoms with Crippen molar-refractivity contribution in [3.8, 4) is 0 Å². The molecule has 0 spiro atoms. The van der Waals surface area contributed by atoms with E-state index in [2.05, 4.69) is 6.58 Å². The Hall–Kier alpha value is -0.680. The lowest BCUT2D eigenvalue weighted by Crippen LogP contribution is -2.12. The van der Waals surface area contributed by atoms with Gasteiger partial charge in [-0.25, -0.2) is 9.36 Å². The monoisotopic (exact) mass is 350 g/mol. The van der Waals surface area contributed by atoms with Gasteiger partial charge < -0.3 is 4.74 Å². The van der Waals surface area contributed by atoms with E-state index in [4.69, 9.17) is 18.3 Å². The molecule has 0 amide bonds. The summed E-state index contributed by atoms with van der Waals surface area (Å²) in [6.07, 6.45) is 1.51. The molecule has 7 heteroatoms. The van der Waals surface area contributed by atoms with Crippen molar-refractivity contribution in [3.05, 3.63) is 12.2 Å². The van der Waals surface area contributed by atoms with Gasteiger partial charge in [0.05, 0.1) is 19.8 Å². The lowest BCUT2D eigenvalue weighted by molar-refractivity contribution is -0.139. The second-order valence-electron chi connectivity index (χ2n) is 6.23. The van der Waals surface area contributed by atoms with Crippen LogP contribution in [0.2, 0.25) is 0 Å².